The van der Waals surface area contributed by atoms with E-state index in [0.717, 1.165) is 4.90 Å². The molecule has 0 aromatic heterocycles. The maximum atomic E-state index is 12.1. The third-order valence-electron chi connectivity index (χ3n) is 3.29. The molecule has 1 aliphatic heterocycles. The molecule has 0 radical (unpaired) electrons. The van der Waals surface area contributed by atoms with Crippen LogP contribution in [0, 0.1) is 0 Å². The highest BCUT2D eigenvalue weighted by Crippen LogP contribution is 2.22. The average molecular weight is 397 g/mol. The number of fused-ring (bicyclic) bond motifs is 1. The summed E-state index contributed by atoms with van der Waals surface area (Å²) in [6, 6.07) is 4.41. The normalized spacial score (nSPS) is 11.2. The highest BCUT2D eigenvalue weighted by Gasteiger charge is 2.33. The summed E-state index contributed by atoms with van der Waals surface area (Å²) >= 11 is 0. The first-order chi connectivity index (χ1) is 13.9. The van der Waals surface area contributed by atoms with Gasteiger partial charge in [-0.1, -0.05) is 72.2 Å². The zero-order chi connectivity index (χ0) is 23.0. The van der Waals surface area contributed by atoms with Crippen LogP contribution in [0.4, 0.5) is 0 Å². The Morgan fingerprint density at radius 2 is 1.41 bits per heavy atom. The largest absolute Gasteiger partial charge is 0.322 e. The zero-order valence-corrected chi connectivity index (χ0v) is 18.1. The summed E-state index contributed by atoms with van der Waals surface area (Å²) in [4.78, 5) is 36.8. The van der Waals surface area contributed by atoms with E-state index < -0.39 is 5.91 Å². The van der Waals surface area contributed by atoms with Crippen molar-refractivity contribution in [2.24, 2.45) is 0 Å². The van der Waals surface area contributed by atoms with Crippen molar-refractivity contribution in [3.63, 3.8) is 0 Å². The van der Waals surface area contributed by atoms with Gasteiger partial charge in [0.05, 0.1) is 11.1 Å². The van der Waals surface area contributed by atoms with E-state index in [4.69, 9.17) is 0 Å². The van der Waals surface area contributed by atoms with E-state index in [1.54, 1.807) is 18.2 Å². The van der Waals surface area contributed by atoms with Crippen molar-refractivity contribution in [2.45, 2.75) is 27.7 Å². The van der Waals surface area contributed by atoms with Crippen molar-refractivity contribution in [3.05, 3.63) is 97.3 Å². The lowest BCUT2D eigenvalue weighted by atomic mass is 10.1. The van der Waals surface area contributed by atoms with Crippen LogP contribution in [0.1, 0.15) is 58.8 Å². The molecule has 0 fully saturated rings. The van der Waals surface area contributed by atoms with Gasteiger partial charge in [-0.15, -0.1) is 0 Å². The molecule has 0 saturated heterocycles. The van der Waals surface area contributed by atoms with Gasteiger partial charge in [0.2, 0.25) is 0 Å². The number of rotatable bonds is 5. The minimum Gasteiger partial charge on any atom is -0.322 e. The third-order valence-corrected chi connectivity index (χ3v) is 3.29. The fraction of sp³-hybridized carbons (Fsp3) is 0.208. The number of benzene rings is 1. The molecule has 1 aliphatic rings. The fourth-order valence-electron chi connectivity index (χ4n) is 1.99. The molecule has 0 spiro atoms. The van der Waals surface area contributed by atoms with Gasteiger partial charge in [0.15, 0.2) is 0 Å². The molecule has 0 bridgehead atoms. The molecule has 1 aromatic carbocycles. The van der Waals surface area contributed by atoms with Gasteiger partial charge in [0, 0.05) is 18.3 Å². The van der Waals surface area contributed by atoms with Gasteiger partial charge in [-0.2, -0.15) is 0 Å². The van der Waals surface area contributed by atoms with Crippen LogP contribution >= 0.6 is 0 Å². The molecule has 1 heterocycles. The van der Waals surface area contributed by atoms with Crippen LogP contribution in [0.2, 0.25) is 0 Å². The number of carbonyl (C=O) groups excluding carboxylic acids is 3. The lowest BCUT2D eigenvalue weighted by Crippen LogP contribution is -2.24. The number of hydrogen-bond acceptors (Lipinski definition) is 3. The van der Waals surface area contributed by atoms with Crippen LogP contribution in [0.3, 0.4) is 0 Å². The number of nitrogens with one attached hydrogen (secondary N) is 1. The molecule has 5 nitrogen and oxygen atoms in total. The second-order valence-corrected chi connectivity index (χ2v) is 4.92. The maximum Gasteiger partial charge on any atom is 0.261 e. The van der Waals surface area contributed by atoms with E-state index in [9.17, 15) is 14.4 Å². The Morgan fingerprint density at radius 1 is 0.897 bits per heavy atom. The quantitative estimate of drug-likeness (QED) is 0.542. The van der Waals surface area contributed by atoms with E-state index in [1.165, 1.54) is 37.4 Å². The Labute approximate surface area is 174 Å². The lowest BCUT2D eigenvalue weighted by molar-refractivity contribution is 0.0693. The zero-order valence-electron chi connectivity index (χ0n) is 18.1. The lowest BCUT2D eigenvalue weighted by Gasteiger charge is -2.06. The summed E-state index contributed by atoms with van der Waals surface area (Å²) in [5, 5.41) is 2.64. The molecular weight excluding hydrogens is 364 g/mol. The van der Waals surface area contributed by atoms with E-state index >= 15 is 0 Å². The summed E-state index contributed by atoms with van der Waals surface area (Å²) in [7, 11) is 1.41. The van der Waals surface area contributed by atoms with Gasteiger partial charge < -0.3 is 5.32 Å². The Bertz CT molecular complexity index is 783. The molecule has 5 heteroatoms. The van der Waals surface area contributed by atoms with Gasteiger partial charge >= 0.3 is 0 Å². The molecular formula is C24H32N2O3. The molecule has 2 rings (SSSR count). The summed E-state index contributed by atoms with van der Waals surface area (Å²) in [5.41, 5.74) is 1.34. The van der Waals surface area contributed by atoms with Crippen molar-refractivity contribution in [2.75, 3.05) is 7.05 Å². The van der Waals surface area contributed by atoms with Crippen LogP contribution in [0.15, 0.2) is 80.6 Å². The van der Waals surface area contributed by atoms with Crippen molar-refractivity contribution in [1.29, 1.82) is 0 Å². The number of hydrogen-bond donors (Lipinski definition) is 1. The van der Waals surface area contributed by atoms with Gasteiger partial charge in [0.25, 0.3) is 17.7 Å². The number of imide groups is 1. The summed E-state index contributed by atoms with van der Waals surface area (Å²) in [6.45, 7) is 21.8. The predicted octanol–water partition coefficient (Wildman–Crippen LogP) is 5.31. The SMILES string of the molecule is C=C/C=C(\C=C)NC(=O)c1ccc2c(c1)C(=O)N(C)C2=O.C=CC=C.CC.CC. The van der Waals surface area contributed by atoms with E-state index in [2.05, 4.69) is 31.6 Å². The molecule has 1 N–H and O–H groups in total. The molecule has 29 heavy (non-hydrogen) atoms. The number of allylic oxidation sites excluding steroid dienone is 5. The van der Waals surface area contributed by atoms with Crippen molar-refractivity contribution >= 4 is 17.7 Å². The average Bonchev–Trinajstić information content (AvgIpc) is 2.99. The Balaban J connectivity index is 0. The molecule has 0 aliphatic carbocycles. The first-order valence-corrected chi connectivity index (χ1v) is 9.37. The van der Waals surface area contributed by atoms with Crippen molar-refractivity contribution < 1.29 is 14.4 Å². The molecule has 0 saturated carbocycles. The Kier molecular flexibility index (Phi) is 14.9. The van der Waals surface area contributed by atoms with Crippen molar-refractivity contribution in [3.8, 4) is 0 Å². The molecule has 3 amide bonds. The molecule has 156 valence electrons. The number of nitrogens with zero attached hydrogens (tertiary/aromatic N) is 1. The topological polar surface area (TPSA) is 66.5 Å². The minimum atomic E-state index is -0.407. The number of amides is 3. The van der Waals surface area contributed by atoms with Gasteiger partial charge in [-0.25, -0.2) is 0 Å². The smallest absolute Gasteiger partial charge is 0.261 e. The van der Waals surface area contributed by atoms with E-state index in [-0.39, 0.29) is 17.4 Å². The molecule has 0 atom stereocenters. The van der Waals surface area contributed by atoms with Gasteiger partial charge in [-0.3, -0.25) is 19.3 Å². The van der Waals surface area contributed by atoms with Crippen LogP contribution in [-0.2, 0) is 0 Å². The van der Waals surface area contributed by atoms with Crippen LogP contribution in [0.25, 0.3) is 0 Å². The summed E-state index contributed by atoms with van der Waals surface area (Å²) < 4.78 is 0. The van der Waals surface area contributed by atoms with E-state index in [1.807, 2.05) is 27.7 Å². The molecule has 1 aromatic rings. The Morgan fingerprint density at radius 3 is 1.86 bits per heavy atom. The first-order valence-electron chi connectivity index (χ1n) is 9.37. The van der Waals surface area contributed by atoms with Gasteiger partial charge in [0.1, 0.15) is 0 Å². The monoisotopic (exact) mass is 396 g/mol. The fourth-order valence-corrected chi connectivity index (χ4v) is 1.99. The summed E-state index contributed by atoms with van der Waals surface area (Å²) in [6.07, 6.45) is 7.88. The van der Waals surface area contributed by atoms with Crippen LogP contribution in [-0.4, -0.2) is 29.7 Å². The maximum absolute atomic E-state index is 12.1. The first kappa shape index (κ1) is 27.7. The predicted molar refractivity (Wildman–Crippen MR) is 122 cm³/mol. The number of carbonyl (C=O) groups is 3. The Hall–Kier alpha value is -3.47. The highest BCUT2D eigenvalue weighted by molar-refractivity contribution is 6.21. The molecule has 0 unspecified atom stereocenters. The standard InChI is InChI=1S/C16H14N2O3.C4H6.2C2H6/c1-4-6-11(5-2)17-14(19)10-7-8-12-13(9-10)16(21)18(3)15(12)20;1-3-4-2;2*1-2/h4-9H,1-2H2,3H3,(H,17,19);3-4H,1-2H2;2*1-2H3/b11-6+;;;. The highest BCUT2D eigenvalue weighted by atomic mass is 16.2. The third kappa shape index (κ3) is 7.97. The van der Waals surface area contributed by atoms with Crippen LogP contribution in [0.5, 0.6) is 0 Å². The van der Waals surface area contributed by atoms with Gasteiger partial charge in [-0.05, 0) is 30.4 Å². The van der Waals surface area contributed by atoms with Crippen LogP contribution < -0.4 is 5.32 Å². The van der Waals surface area contributed by atoms with E-state index in [0.29, 0.717) is 16.8 Å². The second-order valence-electron chi connectivity index (χ2n) is 4.92. The minimum absolute atomic E-state index is 0.239. The van der Waals surface area contributed by atoms with Crippen molar-refractivity contribution in [1.82, 2.24) is 10.2 Å². The summed E-state index contributed by atoms with van der Waals surface area (Å²) in [5.74, 6) is -1.16. The second kappa shape index (κ2) is 15.6.